The minimum atomic E-state index is -1.61. The number of carbonyl (C=O) groups is 1. The minimum absolute atomic E-state index is 0.116. The second kappa shape index (κ2) is 9.58. The number of aromatic nitrogens is 4. The third-order valence-corrected chi connectivity index (χ3v) is 5.73. The first-order valence-electron chi connectivity index (χ1n) is 10.7. The number of amides is 1. The van der Waals surface area contributed by atoms with Gasteiger partial charge in [0.2, 0.25) is 0 Å². The number of fused-ring (bicyclic) bond motifs is 1. The van der Waals surface area contributed by atoms with E-state index < -0.39 is 17.7 Å². The van der Waals surface area contributed by atoms with Crippen LogP contribution in [0, 0.1) is 0 Å². The zero-order valence-electron chi connectivity index (χ0n) is 18.4. The lowest BCUT2D eigenvalue weighted by atomic mass is 10.0. The lowest BCUT2D eigenvalue weighted by Crippen LogP contribution is -2.42. The summed E-state index contributed by atoms with van der Waals surface area (Å²) in [6, 6.07) is 3.56. The van der Waals surface area contributed by atoms with Crippen molar-refractivity contribution >= 4 is 28.8 Å². The Bertz CT molecular complexity index is 1140. The zero-order valence-corrected chi connectivity index (χ0v) is 19.1. The SMILES string of the molecule is CC(C)(O)[C@H](F)CNC(=O)c1cnc(-c2cnc3cc(Cl)cnn23)cc1NC1CCOCC1. The van der Waals surface area contributed by atoms with E-state index in [0.29, 0.717) is 41.0 Å². The van der Waals surface area contributed by atoms with Gasteiger partial charge in [-0.3, -0.25) is 9.78 Å². The highest BCUT2D eigenvalue weighted by Gasteiger charge is 2.27. The summed E-state index contributed by atoms with van der Waals surface area (Å²) < 4.78 is 21.2. The molecule has 0 unspecified atom stereocenters. The van der Waals surface area contributed by atoms with E-state index in [-0.39, 0.29) is 18.2 Å². The molecule has 0 spiro atoms. The number of alkyl halides is 1. The van der Waals surface area contributed by atoms with Gasteiger partial charge >= 0.3 is 0 Å². The van der Waals surface area contributed by atoms with Gasteiger partial charge in [-0.25, -0.2) is 13.9 Å². The Balaban J connectivity index is 1.64. The van der Waals surface area contributed by atoms with Crippen LogP contribution >= 0.6 is 11.6 Å². The number of nitrogens with zero attached hydrogens (tertiary/aromatic N) is 4. The van der Waals surface area contributed by atoms with Gasteiger partial charge in [0.05, 0.1) is 46.5 Å². The van der Waals surface area contributed by atoms with Crippen LogP contribution in [0.1, 0.15) is 37.0 Å². The topological polar surface area (TPSA) is 114 Å². The fourth-order valence-corrected chi connectivity index (χ4v) is 3.65. The average Bonchev–Trinajstić information content (AvgIpc) is 3.20. The van der Waals surface area contributed by atoms with E-state index in [1.807, 2.05) is 0 Å². The van der Waals surface area contributed by atoms with E-state index in [4.69, 9.17) is 16.3 Å². The molecular weight excluding hydrogens is 451 g/mol. The molecule has 0 radical (unpaired) electrons. The van der Waals surface area contributed by atoms with Crippen molar-refractivity contribution in [1.29, 1.82) is 0 Å². The maximum Gasteiger partial charge on any atom is 0.255 e. The number of ether oxygens (including phenoxy) is 1. The number of carbonyl (C=O) groups excluding carboxylic acids is 1. The summed E-state index contributed by atoms with van der Waals surface area (Å²) in [6.45, 7) is 3.65. The number of nitrogens with one attached hydrogen (secondary N) is 2. The van der Waals surface area contributed by atoms with Crippen molar-refractivity contribution in [2.45, 2.75) is 44.5 Å². The lowest BCUT2D eigenvalue weighted by molar-refractivity contribution is -0.00177. The van der Waals surface area contributed by atoms with Crippen LogP contribution in [-0.4, -0.2) is 68.2 Å². The monoisotopic (exact) mass is 476 g/mol. The van der Waals surface area contributed by atoms with Crippen molar-refractivity contribution in [1.82, 2.24) is 24.9 Å². The Hall–Kier alpha value is -2.82. The molecule has 0 aliphatic carbocycles. The van der Waals surface area contributed by atoms with Gasteiger partial charge in [0.15, 0.2) is 5.65 Å². The second-order valence-electron chi connectivity index (χ2n) is 8.56. The molecule has 1 atom stereocenters. The van der Waals surface area contributed by atoms with Crippen LogP contribution < -0.4 is 10.6 Å². The summed E-state index contributed by atoms with van der Waals surface area (Å²) in [7, 11) is 0. The molecule has 33 heavy (non-hydrogen) atoms. The molecule has 3 aromatic heterocycles. The van der Waals surface area contributed by atoms with Gasteiger partial charge in [0.25, 0.3) is 5.91 Å². The average molecular weight is 477 g/mol. The number of hydrogen-bond donors (Lipinski definition) is 3. The quantitative estimate of drug-likeness (QED) is 0.480. The van der Waals surface area contributed by atoms with Crippen molar-refractivity contribution in [2.75, 3.05) is 25.1 Å². The van der Waals surface area contributed by atoms with Crippen LogP contribution in [-0.2, 0) is 4.74 Å². The highest BCUT2D eigenvalue weighted by Crippen LogP contribution is 2.26. The number of aliphatic hydroxyl groups is 1. The maximum absolute atomic E-state index is 14.1. The van der Waals surface area contributed by atoms with Crippen molar-refractivity contribution in [3.05, 3.63) is 41.3 Å². The van der Waals surface area contributed by atoms with Crippen LogP contribution in [0.2, 0.25) is 5.02 Å². The third kappa shape index (κ3) is 5.40. The molecular formula is C22H26ClFN6O3. The Labute approximate surface area is 195 Å². The van der Waals surface area contributed by atoms with Crippen LogP contribution in [0.25, 0.3) is 17.0 Å². The molecule has 0 aromatic carbocycles. The predicted octanol–water partition coefficient (Wildman–Crippen LogP) is 2.87. The van der Waals surface area contributed by atoms with Gasteiger partial charge in [0, 0.05) is 31.5 Å². The highest BCUT2D eigenvalue weighted by molar-refractivity contribution is 6.30. The van der Waals surface area contributed by atoms with Crippen LogP contribution in [0.3, 0.4) is 0 Å². The number of pyridine rings is 1. The summed E-state index contributed by atoms with van der Waals surface area (Å²) >= 11 is 6.00. The standard InChI is InChI=1S/C22H26ClFN6O3/c1-22(2,32)19(24)12-27-21(31)15-10-25-17(8-16(15)29-14-3-5-33-6-4-14)18-11-26-20-7-13(23)9-28-30(18)20/h7-11,14,19,32H,3-6,12H2,1-2H3,(H,25,29)(H,27,31)/t19-/m1/s1. The fourth-order valence-electron chi connectivity index (χ4n) is 3.51. The molecule has 176 valence electrons. The van der Waals surface area contributed by atoms with Crippen molar-refractivity contribution in [3.63, 3.8) is 0 Å². The molecule has 0 bridgehead atoms. The Kier molecular flexibility index (Phi) is 6.78. The van der Waals surface area contributed by atoms with Crippen molar-refractivity contribution in [3.8, 4) is 11.4 Å². The third-order valence-electron chi connectivity index (χ3n) is 5.53. The number of imidazole rings is 1. The number of hydrogen-bond acceptors (Lipinski definition) is 7. The zero-order chi connectivity index (χ0) is 23.6. The van der Waals surface area contributed by atoms with E-state index in [0.717, 1.165) is 12.8 Å². The summed E-state index contributed by atoms with van der Waals surface area (Å²) in [5.41, 5.74) is 1.04. The van der Waals surface area contributed by atoms with E-state index in [1.54, 1.807) is 22.8 Å². The minimum Gasteiger partial charge on any atom is -0.387 e. The summed E-state index contributed by atoms with van der Waals surface area (Å²) in [5.74, 6) is -0.487. The Morgan fingerprint density at radius 1 is 1.30 bits per heavy atom. The first-order chi connectivity index (χ1) is 15.7. The molecule has 4 rings (SSSR count). The Morgan fingerprint density at radius 2 is 2.06 bits per heavy atom. The van der Waals surface area contributed by atoms with E-state index in [1.165, 1.54) is 26.2 Å². The largest absolute Gasteiger partial charge is 0.387 e. The summed E-state index contributed by atoms with van der Waals surface area (Å²) in [6.07, 6.45) is 4.56. The molecule has 1 fully saturated rings. The first kappa shape index (κ1) is 23.3. The van der Waals surface area contributed by atoms with Gasteiger partial charge in [0.1, 0.15) is 11.9 Å². The normalized spacial score (nSPS) is 16.0. The number of anilines is 1. The van der Waals surface area contributed by atoms with Crippen molar-refractivity contribution < 1.29 is 19.0 Å². The van der Waals surface area contributed by atoms with Crippen LogP contribution in [0.5, 0.6) is 0 Å². The molecule has 3 aromatic rings. The first-order valence-corrected chi connectivity index (χ1v) is 11.1. The van der Waals surface area contributed by atoms with E-state index >= 15 is 0 Å². The highest BCUT2D eigenvalue weighted by atomic mass is 35.5. The molecule has 3 N–H and O–H groups in total. The molecule has 1 amide bonds. The smallest absolute Gasteiger partial charge is 0.255 e. The fraction of sp³-hybridized carbons (Fsp3) is 0.455. The lowest BCUT2D eigenvalue weighted by Gasteiger charge is -2.26. The predicted molar refractivity (Wildman–Crippen MR) is 122 cm³/mol. The molecule has 9 nitrogen and oxygen atoms in total. The van der Waals surface area contributed by atoms with Gasteiger partial charge in [-0.05, 0) is 32.8 Å². The van der Waals surface area contributed by atoms with Crippen LogP contribution in [0.4, 0.5) is 10.1 Å². The Morgan fingerprint density at radius 3 is 2.79 bits per heavy atom. The number of halogens is 2. The summed E-state index contributed by atoms with van der Waals surface area (Å²) in [5, 5.41) is 20.5. The molecule has 1 saturated heterocycles. The van der Waals surface area contributed by atoms with Gasteiger partial charge < -0.3 is 20.5 Å². The molecule has 0 saturated carbocycles. The van der Waals surface area contributed by atoms with Gasteiger partial charge in [-0.1, -0.05) is 11.6 Å². The van der Waals surface area contributed by atoms with Crippen molar-refractivity contribution in [2.24, 2.45) is 0 Å². The summed E-state index contributed by atoms with van der Waals surface area (Å²) in [4.78, 5) is 21.6. The van der Waals surface area contributed by atoms with Gasteiger partial charge in [-0.15, -0.1) is 0 Å². The number of rotatable bonds is 7. The van der Waals surface area contributed by atoms with E-state index in [2.05, 4.69) is 25.7 Å². The molecule has 4 heterocycles. The molecule has 1 aliphatic rings. The second-order valence-corrected chi connectivity index (χ2v) is 9.00. The maximum atomic E-state index is 14.1. The van der Waals surface area contributed by atoms with E-state index in [9.17, 15) is 14.3 Å². The molecule has 1 aliphatic heterocycles. The van der Waals surface area contributed by atoms with Crippen LogP contribution in [0.15, 0.2) is 30.7 Å². The van der Waals surface area contributed by atoms with Gasteiger partial charge in [-0.2, -0.15) is 5.10 Å². The molecule has 11 heteroatoms.